The molecule has 2 aromatic carbocycles. The van der Waals surface area contributed by atoms with Crippen LogP contribution in [0.15, 0.2) is 54.6 Å². The summed E-state index contributed by atoms with van der Waals surface area (Å²) in [5.74, 6) is 0.642. The normalized spacial score (nSPS) is 21.6. The van der Waals surface area contributed by atoms with Crippen molar-refractivity contribution >= 4 is 0 Å². The van der Waals surface area contributed by atoms with Crippen molar-refractivity contribution in [3.63, 3.8) is 0 Å². The molecule has 2 N–H and O–H groups in total. The van der Waals surface area contributed by atoms with Gasteiger partial charge in [-0.2, -0.15) is 0 Å². The lowest BCUT2D eigenvalue weighted by molar-refractivity contribution is 0.177. The van der Waals surface area contributed by atoms with Gasteiger partial charge in [-0.05, 0) is 48.4 Å². The number of aliphatic hydroxyl groups excluding tert-OH is 1. The SMILES string of the molecule is OC1CCC(CNCc2ccc(-c3ccccc3)cc2)C1. The first-order valence-corrected chi connectivity index (χ1v) is 7.84. The van der Waals surface area contributed by atoms with Crippen LogP contribution in [0, 0.1) is 5.92 Å². The highest BCUT2D eigenvalue weighted by molar-refractivity contribution is 5.63. The molecular weight excluding hydrogens is 258 g/mol. The Hall–Kier alpha value is -1.64. The molecule has 0 aromatic heterocycles. The lowest BCUT2D eigenvalue weighted by atomic mass is 10.0. The summed E-state index contributed by atoms with van der Waals surface area (Å²) in [5, 5.41) is 13.0. The molecule has 2 atom stereocenters. The average molecular weight is 281 g/mol. The van der Waals surface area contributed by atoms with Gasteiger partial charge in [0, 0.05) is 6.54 Å². The largest absolute Gasteiger partial charge is 0.393 e. The standard InChI is InChI=1S/C19H23NO/c21-19-11-8-16(12-19)14-20-13-15-6-9-18(10-7-15)17-4-2-1-3-5-17/h1-7,9-10,16,19-21H,8,11-14H2. The molecule has 2 heteroatoms. The van der Waals surface area contributed by atoms with Crippen molar-refractivity contribution in [3.8, 4) is 11.1 Å². The van der Waals surface area contributed by atoms with E-state index in [1.54, 1.807) is 0 Å². The smallest absolute Gasteiger partial charge is 0.0543 e. The third kappa shape index (κ3) is 3.93. The summed E-state index contributed by atoms with van der Waals surface area (Å²) in [6.07, 6.45) is 3.01. The van der Waals surface area contributed by atoms with Crippen molar-refractivity contribution in [2.45, 2.75) is 31.9 Å². The van der Waals surface area contributed by atoms with Crippen LogP contribution in [0.4, 0.5) is 0 Å². The van der Waals surface area contributed by atoms with Crippen molar-refractivity contribution < 1.29 is 5.11 Å². The van der Waals surface area contributed by atoms with Crippen LogP contribution in [0.2, 0.25) is 0 Å². The van der Waals surface area contributed by atoms with Crippen LogP contribution in [-0.2, 0) is 6.54 Å². The molecule has 110 valence electrons. The third-order valence-electron chi connectivity index (χ3n) is 4.34. The second-order valence-electron chi connectivity index (χ2n) is 6.03. The average Bonchev–Trinajstić information content (AvgIpc) is 2.94. The van der Waals surface area contributed by atoms with E-state index in [2.05, 4.69) is 53.8 Å². The summed E-state index contributed by atoms with van der Waals surface area (Å²) in [7, 11) is 0. The van der Waals surface area contributed by atoms with Crippen LogP contribution in [0.1, 0.15) is 24.8 Å². The van der Waals surface area contributed by atoms with E-state index in [1.165, 1.54) is 16.7 Å². The lowest BCUT2D eigenvalue weighted by Crippen LogP contribution is -2.21. The molecule has 0 aliphatic heterocycles. The van der Waals surface area contributed by atoms with Crippen LogP contribution in [0.25, 0.3) is 11.1 Å². The summed E-state index contributed by atoms with van der Waals surface area (Å²) in [4.78, 5) is 0. The van der Waals surface area contributed by atoms with Crippen molar-refractivity contribution in [1.82, 2.24) is 5.32 Å². The van der Waals surface area contributed by atoms with Gasteiger partial charge in [-0.25, -0.2) is 0 Å². The van der Waals surface area contributed by atoms with Crippen molar-refractivity contribution in [2.24, 2.45) is 5.92 Å². The Morgan fingerprint density at radius 3 is 2.29 bits per heavy atom. The van der Waals surface area contributed by atoms with Crippen molar-refractivity contribution in [1.29, 1.82) is 0 Å². The summed E-state index contributed by atoms with van der Waals surface area (Å²) in [5.41, 5.74) is 3.84. The topological polar surface area (TPSA) is 32.3 Å². The van der Waals surface area contributed by atoms with Crippen LogP contribution < -0.4 is 5.32 Å². The molecule has 21 heavy (non-hydrogen) atoms. The molecule has 1 fully saturated rings. The molecule has 3 rings (SSSR count). The molecule has 2 unspecified atom stereocenters. The highest BCUT2D eigenvalue weighted by Gasteiger charge is 2.21. The predicted octanol–water partition coefficient (Wildman–Crippen LogP) is 3.60. The van der Waals surface area contributed by atoms with E-state index in [0.717, 1.165) is 32.4 Å². The Morgan fingerprint density at radius 1 is 0.905 bits per heavy atom. The first-order valence-electron chi connectivity index (χ1n) is 7.84. The molecule has 1 aliphatic rings. The van der Waals surface area contributed by atoms with E-state index >= 15 is 0 Å². The van der Waals surface area contributed by atoms with Gasteiger partial charge in [-0.15, -0.1) is 0 Å². The van der Waals surface area contributed by atoms with Gasteiger partial charge in [-0.3, -0.25) is 0 Å². The first kappa shape index (κ1) is 14.3. The highest BCUT2D eigenvalue weighted by atomic mass is 16.3. The number of hydrogen-bond acceptors (Lipinski definition) is 2. The van der Waals surface area contributed by atoms with Crippen LogP contribution in [0.3, 0.4) is 0 Å². The maximum Gasteiger partial charge on any atom is 0.0543 e. The second-order valence-corrected chi connectivity index (χ2v) is 6.03. The maximum atomic E-state index is 9.53. The summed E-state index contributed by atoms with van der Waals surface area (Å²) >= 11 is 0. The molecule has 0 bridgehead atoms. The van der Waals surface area contributed by atoms with Gasteiger partial charge in [0.25, 0.3) is 0 Å². The molecule has 0 amide bonds. The van der Waals surface area contributed by atoms with E-state index in [1.807, 2.05) is 6.07 Å². The molecule has 1 saturated carbocycles. The zero-order valence-corrected chi connectivity index (χ0v) is 12.3. The number of aliphatic hydroxyl groups is 1. The molecule has 2 aromatic rings. The van der Waals surface area contributed by atoms with Gasteiger partial charge in [0.15, 0.2) is 0 Å². The minimum Gasteiger partial charge on any atom is -0.393 e. The predicted molar refractivity (Wildman–Crippen MR) is 86.9 cm³/mol. The monoisotopic (exact) mass is 281 g/mol. The Balaban J connectivity index is 1.51. The van der Waals surface area contributed by atoms with Crippen molar-refractivity contribution in [3.05, 3.63) is 60.2 Å². The molecule has 0 heterocycles. The Morgan fingerprint density at radius 2 is 1.62 bits per heavy atom. The fraction of sp³-hybridized carbons (Fsp3) is 0.368. The molecule has 0 saturated heterocycles. The van der Waals surface area contributed by atoms with E-state index in [9.17, 15) is 5.11 Å². The van der Waals surface area contributed by atoms with E-state index in [4.69, 9.17) is 0 Å². The fourth-order valence-electron chi connectivity index (χ4n) is 3.10. The van der Waals surface area contributed by atoms with Gasteiger partial charge in [-0.1, -0.05) is 54.6 Å². The number of hydrogen-bond donors (Lipinski definition) is 2. The van der Waals surface area contributed by atoms with Gasteiger partial charge in [0.1, 0.15) is 0 Å². The van der Waals surface area contributed by atoms with Gasteiger partial charge < -0.3 is 10.4 Å². The quantitative estimate of drug-likeness (QED) is 0.877. The highest BCUT2D eigenvalue weighted by Crippen LogP contribution is 2.24. The van der Waals surface area contributed by atoms with Crippen LogP contribution in [-0.4, -0.2) is 17.8 Å². The molecule has 0 spiro atoms. The van der Waals surface area contributed by atoms with E-state index in [0.29, 0.717) is 5.92 Å². The zero-order valence-electron chi connectivity index (χ0n) is 12.3. The minimum absolute atomic E-state index is 0.0676. The van der Waals surface area contributed by atoms with Gasteiger partial charge >= 0.3 is 0 Å². The Kier molecular flexibility index (Phi) is 4.69. The summed E-state index contributed by atoms with van der Waals surface area (Å²) < 4.78 is 0. The van der Waals surface area contributed by atoms with Crippen LogP contribution >= 0.6 is 0 Å². The Bertz CT molecular complexity index is 550. The maximum absolute atomic E-state index is 9.53. The van der Waals surface area contributed by atoms with Gasteiger partial charge in [0.2, 0.25) is 0 Å². The third-order valence-corrected chi connectivity index (χ3v) is 4.34. The Labute approximate surface area is 126 Å². The van der Waals surface area contributed by atoms with E-state index in [-0.39, 0.29) is 6.10 Å². The molecule has 1 aliphatic carbocycles. The second kappa shape index (κ2) is 6.88. The zero-order chi connectivity index (χ0) is 14.5. The minimum atomic E-state index is -0.0676. The summed E-state index contributed by atoms with van der Waals surface area (Å²) in [6.45, 7) is 1.92. The number of rotatable bonds is 5. The first-order chi connectivity index (χ1) is 10.3. The number of benzene rings is 2. The molecular formula is C19H23NO. The van der Waals surface area contributed by atoms with Crippen molar-refractivity contribution in [2.75, 3.05) is 6.54 Å². The number of nitrogens with one attached hydrogen (secondary N) is 1. The van der Waals surface area contributed by atoms with Crippen LogP contribution in [0.5, 0.6) is 0 Å². The van der Waals surface area contributed by atoms with Gasteiger partial charge in [0.05, 0.1) is 6.10 Å². The lowest BCUT2D eigenvalue weighted by Gasteiger charge is -2.11. The fourth-order valence-corrected chi connectivity index (χ4v) is 3.10. The molecule has 0 radical (unpaired) electrons. The molecule has 2 nitrogen and oxygen atoms in total. The summed E-state index contributed by atoms with van der Waals surface area (Å²) in [6, 6.07) is 19.2. The van der Waals surface area contributed by atoms with E-state index < -0.39 is 0 Å².